The van der Waals surface area contributed by atoms with Gasteiger partial charge in [-0.3, -0.25) is 9.69 Å². The highest BCUT2D eigenvalue weighted by atomic mass is 79.9. The molecule has 1 atom stereocenters. The maximum atomic E-state index is 12.1. The minimum absolute atomic E-state index is 0.0391. The van der Waals surface area contributed by atoms with E-state index in [1.165, 1.54) is 16.9 Å². The number of carbonyl (C=O) groups excluding carboxylic acids is 1. The number of benzene rings is 1. The number of nitrogens with one attached hydrogen (secondary N) is 1. The Morgan fingerprint density at radius 2 is 2.10 bits per heavy atom. The molecule has 1 aromatic heterocycles. The Labute approximate surface area is 137 Å². The van der Waals surface area contributed by atoms with Crippen molar-refractivity contribution in [3.63, 3.8) is 0 Å². The van der Waals surface area contributed by atoms with E-state index in [0.29, 0.717) is 0 Å². The minimum atomic E-state index is 0.0391. The third-order valence-electron chi connectivity index (χ3n) is 3.65. The van der Waals surface area contributed by atoms with Gasteiger partial charge in [-0.1, -0.05) is 30.3 Å². The van der Waals surface area contributed by atoms with Crippen LogP contribution in [-0.2, 0) is 6.54 Å². The van der Waals surface area contributed by atoms with Gasteiger partial charge in [-0.15, -0.1) is 11.3 Å². The lowest BCUT2D eigenvalue weighted by molar-refractivity contribution is 0.0942. The lowest BCUT2D eigenvalue weighted by Gasteiger charge is -2.16. The summed E-state index contributed by atoms with van der Waals surface area (Å²) in [4.78, 5) is 15.3. The quantitative estimate of drug-likeness (QED) is 0.899. The van der Waals surface area contributed by atoms with Crippen LogP contribution in [0.4, 0.5) is 0 Å². The summed E-state index contributed by atoms with van der Waals surface area (Å²) in [5.41, 5.74) is 1.33. The molecule has 1 unspecified atom stereocenters. The number of nitrogens with zero attached hydrogens (tertiary/aromatic N) is 1. The topological polar surface area (TPSA) is 32.3 Å². The number of amides is 1. The maximum Gasteiger partial charge on any atom is 0.261 e. The van der Waals surface area contributed by atoms with Crippen LogP contribution >= 0.6 is 27.3 Å². The molecule has 1 aromatic carbocycles. The van der Waals surface area contributed by atoms with Crippen molar-refractivity contribution in [1.82, 2.24) is 10.2 Å². The first-order valence-corrected chi connectivity index (χ1v) is 8.64. The van der Waals surface area contributed by atoms with Crippen LogP contribution in [0, 0.1) is 0 Å². The highest BCUT2D eigenvalue weighted by molar-refractivity contribution is 9.11. The third-order valence-corrected chi connectivity index (χ3v) is 5.28. The summed E-state index contributed by atoms with van der Waals surface area (Å²) >= 11 is 4.86. The van der Waals surface area contributed by atoms with E-state index in [2.05, 4.69) is 50.4 Å². The van der Waals surface area contributed by atoms with Gasteiger partial charge >= 0.3 is 0 Å². The molecular weight excluding hydrogens is 348 g/mol. The molecule has 110 valence electrons. The Hall–Kier alpha value is -1.17. The zero-order valence-corrected chi connectivity index (χ0v) is 14.0. The van der Waals surface area contributed by atoms with E-state index in [0.717, 1.165) is 34.7 Å². The van der Waals surface area contributed by atoms with Gasteiger partial charge in [0.05, 0.1) is 8.66 Å². The van der Waals surface area contributed by atoms with Gasteiger partial charge in [0.25, 0.3) is 5.91 Å². The first-order valence-electron chi connectivity index (χ1n) is 7.03. The molecule has 5 heteroatoms. The van der Waals surface area contributed by atoms with E-state index in [1.54, 1.807) is 0 Å². The Kier molecular flexibility index (Phi) is 4.73. The molecule has 2 heterocycles. The van der Waals surface area contributed by atoms with Gasteiger partial charge in [-0.2, -0.15) is 0 Å². The average Bonchev–Trinajstić information content (AvgIpc) is 3.09. The molecule has 0 bridgehead atoms. The molecule has 1 fully saturated rings. The largest absolute Gasteiger partial charge is 0.347 e. The molecule has 0 radical (unpaired) electrons. The molecule has 1 saturated heterocycles. The standard InChI is InChI=1S/C16H17BrN2OS/c17-15-7-6-14(21-15)16(20)18-13-8-9-19(11-13)10-12-4-2-1-3-5-12/h1-7,13H,8-11H2,(H,18,20). The summed E-state index contributed by atoms with van der Waals surface area (Å²) in [6, 6.07) is 14.5. The van der Waals surface area contributed by atoms with Crippen molar-refractivity contribution in [1.29, 1.82) is 0 Å². The van der Waals surface area contributed by atoms with Crippen molar-refractivity contribution in [3.05, 3.63) is 56.7 Å². The SMILES string of the molecule is O=C(NC1CCN(Cc2ccccc2)C1)c1ccc(Br)s1. The molecule has 1 amide bonds. The number of halogens is 1. The van der Waals surface area contributed by atoms with Gasteiger partial charge in [0.15, 0.2) is 0 Å². The lowest BCUT2D eigenvalue weighted by atomic mass is 10.2. The molecule has 2 aromatic rings. The van der Waals surface area contributed by atoms with E-state index in [4.69, 9.17) is 0 Å². The molecule has 3 rings (SSSR count). The minimum Gasteiger partial charge on any atom is -0.347 e. The molecule has 0 spiro atoms. The number of carbonyl (C=O) groups is 1. The van der Waals surface area contributed by atoms with Crippen LogP contribution in [0.1, 0.15) is 21.7 Å². The molecule has 1 N–H and O–H groups in total. The van der Waals surface area contributed by atoms with Crippen LogP contribution in [0.2, 0.25) is 0 Å². The van der Waals surface area contributed by atoms with Gasteiger partial charge in [-0.25, -0.2) is 0 Å². The number of likely N-dealkylation sites (tertiary alicyclic amines) is 1. The van der Waals surface area contributed by atoms with Crippen molar-refractivity contribution < 1.29 is 4.79 Å². The van der Waals surface area contributed by atoms with Crippen LogP contribution < -0.4 is 5.32 Å². The van der Waals surface area contributed by atoms with Crippen LogP contribution in [0.5, 0.6) is 0 Å². The molecule has 21 heavy (non-hydrogen) atoms. The number of hydrogen-bond acceptors (Lipinski definition) is 3. The first kappa shape index (κ1) is 14.8. The predicted molar refractivity (Wildman–Crippen MR) is 89.6 cm³/mol. The lowest BCUT2D eigenvalue weighted by Crippen LogP contribution is -2.36. The van der Waals surface area contributed by atoms with Gasteiger partial charge in [0.1, 0.15) is 0 Å². The van der Waals surface area contributed by atoms with Gasteiger partial charge in [0.2, 0.25) is 0 Å². The Balaban J connectivity index is 1.52. The van der Waals surface area contributed by atoms with Crippen molar-refractivity contribution in [3.8, 4) is 0 Å². The van der Waals surface area contributed by atoms with Gasteiger partial charge < -0.3 is 5.32 Å². The van der Waals surface area contributed by atoms with Crippen LogP contribution in [-0.4, -0.2) is 29.9 Å². The third kappa shape index (κ3) is 3.93. The van der Waals surface area contributed by atoms with Gasteiger partial charge in [0, 0.05) is 25.7 Å². The highest BCUT2D eigenvalue weighted by Crippen LogP contribution is 2.22. The first-order chi connectivity index (χ1) is 10.2. The monoisotopic (exact) mass is 364 g/mol. The number of hydrogen-bond donors (Lipinski definition) is 1. The number of rotatable bonds is 4. The molecule has 0 aliphatic carbocycles. The number of thiophene rings is 1. The molecule has 1 aliphatic rings. The second-order valence-electron chi connectivity index (χ2n) is 5.28. The maximum absolute atomic E-state index is 12.1. The summed E-state index contributed by atoms with van der Waals surface area (Å²) in [5, 5.41) is 3.13. The second kappa shape index (κ2) is 6.73. The Bertz CT molecular complexity index is 614. The van der Waals surface area contributed by atoms with E-state index in [9.17, 15) is 4.79 Å². The van der Waals surface area contributed by atoms with Crippen molar-refractivity contribution in [2.45, 2.75) is 19.0 Å². The molecule has 0 saturated carbocycles. The summed E-state index contributed by atoms with van der Waals surface area (Å²) in [7, 11) is 0. The van der Waals surface area contributed by atoms with Crippen LogP contribution in [0.3, 0.4) is 0 Å². The Morgan fingerprint density at radius 1 is 1.29 bits per heavy atom. The Morgan fingerprint density at radius 3 is 2.81 bits per heavy atom. The van der Waals surface area contributed by atoms with Crippen LogP contribution in [0.25, 0.3) is 0 Å². The zero-order chi connectivity index (χ0) is 14.7. The van der Waals surface area contributed by atoms with E-state index < -0.39 is 0 Å². The average molecular weight is 365 g/mol. The summed E-state index contributed by atoms with van der Waals surface area (Å²) in [6.45, 7) is 2.92. The van der Waals surface area contributed by atoms with Gasteiger partial charge in [-0.05, 0) is 40.0 Å². The van der Waals surface area contributed by atoms with E-state index >= 15 is 0 Å². The summed E-state index contributed by atoms with van der Waals surface area (Å²) < 4.78 is 0.991. The van der Waals surface area contributed by atoms with Crippen molar-refractivity contribution >= 4 is 33.2 Å². The van der Waals surface area contributed by atoms with Crippen molar-refractivity contribution in [2.75, 3.05) is 13.1 Å². The molecule has 1 aliphatic heterocycles. The predicted octanol–water partition coefficient (Wildman–Crippen LogP) is 3.51. The molecule has 3 nitrogen and oxygen atoms in total. The second-order valence-corrected chi connectivity index (χ2v) is 7.75. The van der Waals surface area contributed by atoms with Crippen molar-refractivity contribution in [2.24, 2.45) is 0 Å². The highest BCUT2D eigenvalue weighted by Gasteiger charge is 2.24. The smallest absolute Gasteiger partial charge is 0.261 e. The van der Waals surface area contributed by atoms with Crippen LogP contribution in [0.15, 0.2) is 46.3 Å². The van der Waals surface area contributed by atoms with E-state index in [1.807, 2.05) is 18.2 Å². The normalized spacial score (nSPS) is 18.8. The summed E-state index contributed by atoms with van der Waals surface area (Å²) in [5.74, 6) is 0.0391. The fourth-order valence-electron chi connectivity index (χ4n) is 2.63. The zero-order valence-electron chi connectivity index (χ0n) is 11.6. The van der Waals surface area contributed by atoms with E-state index in [-0.39, 0.29) is 11.9 Å². The fourth-order valence-corrected chi connectivity index (χ4v) is 3.92. The molecular formula is C16H17BrN2OS. The summed E-state index contributed by atoms with van der Waals surface area (Å²) in [6.07, 6.45) is 1.02. The fraction of sp³-hybridized carbons (Fsp3) is 0.312.